The molecule has 0 saturated carbocycles. The molecule has 0 aromatic carbocycles. The van der Waals surface area contributed by atoms with Crippen LogP contribution in [0.1, 0.15) is 27.2 Å². The number of hydrogen-bond acceptors (Lipinski definition) is 4. The Bertz CT molecular complexity index is 171. The third kappa shape index (κ3) is 5.77. The minimum absolute atomic E-state index is 0.0734. The van der Waals surface area contributed by atoms with Crippen LogP contribution in [0.2, 0.25) is 0 Å². The lowest BCUT2D eigenvalue weighted by molar-refractivity contribution is 0.0802. The standard InChI is InChI=1S/C9H21N3O2/c1-4-8(9(10)12-13)11-5-6-14-7(2)3/h7-8,11,13H,4-6H2,1-3H3,(H2,10,12). The lowest BCUT2D eigenvalue weighted by Gasteiger charge is -2.15. The highest BCUT2D eigenvalue weighted by atomic mass is 16.5. The van der Waals surface area contributed by atoms with Gasteiger partial charge in [-0.05, 0) is 20.3 Å². The molecule has 5 heteroatoms. The molecule has 0 aromatic heterocycles. The van der Waals surface area contributed by atoms with E-state index >= 15 is 0 Å². The van der Waals surface area contributed by atoms with Gasteiger partial charge in [0.2, 0.25) is 0 Å². The molecular weight excluding hydrogens is 182 g/mol. The van der Waals surface area contributed by atoms with Crippen LogP contribution in [-0.2, 0) is 4.74 Å². The summed E-state index contributed by atoms with van der Waals surface area (Å²) in [5.41, 5.74) is 5.47. The number of hydrogen-bond donors (Lipinski definition) is 3. The first-order valence-electron chi connectivity index (χ1n) is 4.94. The zero-order chi connectivity index (χ0) is 11.0. The van der Waals surface area contributed by atoms with Gasteiger partial charge >= 0.3 is 0 Å². The molecule has 0 fully saturated rings. The molecular formula is C9H21N3O2. The molecule has 4 N–H and O–H groups in total. The zero-order valence-electron chi connectivity index (χ0n) is 9.16. The predicted molar refractivity (Wildman–Crippen MR) is 56.6 cm³/mol. The molecule has 0 rings (SSSR count). The van der Waals surface area contributed by atoms with Gasteiger partial charge < -0.3 is 21.0 Å². The van der Waals surface area contributed by atoms with Crippen molar-refractivity contribution in [2.24, 2.45) is 10.9 Å². The van der Waals surface area contributed by atoms with Crippen molar-refractivity contribution in [3.05, 3.63) is 0 Å². The molecule has 0 bridgehead atoms. The predicted octanol–water partition coefficient (Wildman–Crippen LogP) is 0.526. The van der Waals surface area contributed by atoms with Gasteiger partial charge in [-0.15, -0.1) is 0 Å². The second-order valence-electron chi connectivity index (χ2n) is 3.36. The molecule has 0 radical (unpaired) electrons. The molecule has 14 heavy (non-hydrogen) atoms. The fourth-order valence-corrected chi connectivity index (χ4v) is 1.06. The fraction of sp³-hybridized carbons (Fsp3) is 0.889. The molecule has 84 valence electrons. The van der Waals surface area contributed by atoms with E-state index in [2.05, 4.69) is 10.5 Å². The summed E-state index contributed by atoms with van der Waals surface area (Å²) in [5, 5.41) is 14.6. The number of nitrogens with zero attached hydrogens (tertiary/aromatic N) is 1. The van der Waals surface area contributed by atoms with Crippen LogP contribution >= 0.6 is 0 Å². The van der Waals surface area contributed by atoms with Crippen LogP contribution in [-0.4, -0.2) is 36.3 Å². The van der Waals surface area contributed by atoms with Gasteiger partial charge in [0, 0.05) is 6.54 Å². The Morgan fingerprint density at radius 3 is 2.64 bits per heavy atom. The van der Waals surface area contributed by atoms with E-state index in [1.807, 2.05) is 20.8 Å². The van der Waals surface area contributed by atoms with Gasteiger partial charge in [-0.2, -0.15) is 0 Å². The summed E-state index contributed by atoms with van der Waals surface area (Å²) in [7, 11) is 0. The molecule has 1 atom stereocenters. The molecule has 0 amide bonds. The lowest BCUT2D eigenvalue weighted by atomic mass is 10.2. The summed E-state index contributed by atoms with van der Waals surface area (Å²) < 4.78 is 5.34. The van der Waals surface area contributed by atoms with E-state index < -0.39 is 0 Å². The monoisotopic (exact) mass is 203 g/mol. The van der Waals surface area contributed by atoms with Crippen molar-refractivity contribution < 1.29 is 9.94 Å². The first-order valence-corrected chi connectivity index (χ1v) is 4.94. The average Bonchev–Trinajstić information content (AvgIpc) is 2.16. The summed E-state index contributed by atoms with van der Waals surface area (Å²) in [5.74, 6) is 0.219. The lowest BCUT2D eigenvalue weighted by Crippen LogP contribution is -2.42. The highest BCUT2D eigenvalue weighted by Gasteiger charge is 2.09. The minimum atomic E-state index is -0.0734. The van der Waals surface area contributed by atoms with E-state index in [9.17, 15) is 0 Å². The van der Waals surface area contributed by atoms with Crippen molar-refractivity contribution in [3.8, 4) is 0 Å². The van der Waals surface area contributed by atoms with Gasteiger partial charge in [0.1, 0.15) is 0 Å². The number of amidine groups is 1. The maximum absolute atomic E-state index is 8.47. The molecule has 0 heterocycles. The molecule has 1 unspecified atom stereocenters. The summed E-state index contributed by atoms with van der Waals surface area (Å²) in [6.07, 6.45) is 1.03. The molecule has 0 aliphatic heterocycles. The Hall–Kier alpha value is -0.810. The van der Waals surface area contributed by atoms with Crippen LogP contribution in [0.5, 0.6) is 0 Å². The first-order chi connectivity index (χ1) is 6.61. The van der Waals surface area contributed by atoms with E-state index in [0.717, 1.165) is 6.42 Å². The normalized spacial score (nSPS) is 14.7. The Labute approximate surface area is 85.3 Å². The van der Waals surface area contributed by atoms with Crippen LogP contribution in [0.4, 0.5) is 0 Å². The molecule has 0 saturated heterocycles. The van der Waals surface area contributed by atoms with E-state index in [4.69, 9.17) is 15.7 Å². The van der Waals surface area contributed by atoms with Gasteiger partial charge in [-0.1, -0.05) is 12.1 Å². The third-order valence-electron chi connectivity index (χ3n) is 1.82. The Morgan fingerprint density at radius 1 is 1.57 bits per heavy atom. The fourth-order valence-electron chi connectivity index (χ4n) is 1.06. The topological polar surface area (TPSA) is 79.9 Å². The van der Waals surface area contributed by atoms with Crippen LogP contribution in [0.3, 0.4) is 0 Å². The highest BCUT2D eigenvalue weighted by Crippen LogP contribution is 1.91. The molecule has 0 aromatic rings. The van der Waals surface area contributed by atoms with E-state index in [1.54, 1.807) is 0 Å². The first kappa shape index (κ1) is 13.2. The number of oxime groups is 1. The quantitative estimate of drug-likeness (QED) is 0.185. The number of nitrogens with one attached hydrogen (secondary N) is 1. The summed E-state index contributed by atoms with van der Waals surface area (Å²) in [6, 6.07) is -0.0734. The van der Waals surface area contributed by atoms with Crippen molar-refractivity contribution in [2.75, 3.05) is 13.2 Å². The van der Waals surface area contributed by atoms with E-state index in [1.165, 1.54) is 0 Å². The second-order valence-corrected chi connectivity index (χ2v) is 3.36. The van der Waals surface area contributed by atoms with Gasteiger partial charge in [0.05, 0.1) is 18.8 Å². The Kier molecular flexibility index (Phi) is 7.14. The van der Waals surface area contributed by atoms with Crippen LogP contribution < -0.4 is 11.1 Å². The average molecular weight is 203 g/mol. The van der Waals surface area contributed by atoms with Gasteiger partial charge in [-0.25, -0.2) is 0 Å². The SMILES string of the molecule is CCC(NCCOC(C)C)C(N)=NO. The number of nitrogens with two attached hydrogens (primary N) is 1. The van der Waals surface area contributed by atoms with Crippen molar-refractivity contribution >= 4 is 5.84 Å². The number of rotatable bonds is 7. The summed E-state index contributed by atoms with van der Waals surface area (Å²) >= 11 is 0. The minimum Gasteiger partial charge on any atom is -0.409 e. The number of ether oxygens (including phenoxy) is 1. The van der Waals surface area contributed by atoms with Gasteiger partial charge in [-0.3, -0.25) is 0 Å². The molecule has 0 spiro atoms. The largest absolute Gasteiger partial charge is 0.409 e. The molecule has 5 nitrogen and oxygen atoms in total. The molecule has 0 aliphatic rings. The van der Waals surface area contributed by atoms with Crippen molar-refractivity contribution in [3.63, 3.8) is 0 Å². The summed E-state index contributed by atoms with van der Waals surface area (Å²) in [4.78, 5) is 0. The van der Waals surface area contributed by atoms with E-state index in [0.29, 0.717) is 13.2 Å². The van der Waals surface area contributed by atoms with Crippen molar-refractivity contribution in [1.29, 1.82) is 0 Å². The van der Waals surface area contributed by atoms with Gasteiger partial charge in [0.15, 0.2) is 5.84 Å². The van der Waals surface area contributed by atoms with Crippen molar-refractivity contribution in [2.45, 2.75) is 39.3 Å². The Morgan fingerprint density at radius 2 is 2.21 bits per heavy atom. The van der Waals surface area contributed by atoms with Gasteiger partial charge in [0.25, 0.3) is 0 Å². The second kappa shape index (κ2) is 7.58. The highest BCUT2D eigenvalue weighted by molar-refractivity contribution is 5.85. The maximum Gasteiger partial charge on any atom is 0.156 e. The molecule has 0 aliphatic carbocycles. The Balaban J connectivity index is 3.64. The van der Waals surface area contributed by atoms with E-state index in [-0.39, 0.29) is 18.0 Å². The summed E-state index contributed by atoms with van der Waals surface area (Å²) in [6.45, 7) is 7.28. The van der Waals surface area contributed by atoms with Crippen LogP contribution in [0, 0.1) is 0 Å². The maximum atomic E-state index is 8.47. The van der Waals surface area contributed by atoms with Crippen LogP contribution in [0.25, 0.3) is 0 Å². The zero-order valence-corrected chi connectivity index (χ0v) is 9.16. The third-order valence-corrected chi connectivity index (χ3v) is 1.82. The smallest absolute Gasteiger partial charge is 0.156 e. The van der Waals surface area contributed by atoms with Crippen molar-refractivity contribution in [1.82, 2.24) is 5.32 Å². The van der Waals surface area contributed by atoms with Crippen LogP contribution in [0.15, 0.2) is 5.16 Å².